The number of amides is 2. The summed E-state index contributed by atoms with van der Waals surface area (Å²) in [5, 5.41) is 5.29. The van der Waals surface area contributed by atoms with Crippen LogP contribution in [-0.4, -0.2) is 39.1 Å². The Bertz CT molecular complexity index is 980. The predicted octanol–water partition coefficient (Wildman–Crippen LogP) is 2.21. The van der Waals surface area contributed by atoms with Gasteiger partial charge in [-0.15, -0.1) is 0 Å². The number of carbonyl (C=O) groups is 2. The highest BCUT2D eigenvalue weighted by Crippen LogP contribution is 2.25. The molecule has 0 saturated carbocycles. The van der Waals surface area contributed by atoms with Crippen LogP contribution in [0.15, 0.2) is 42.5 Å². The van der Waals surface area contributed by atoms with Gasteiger partial charge in [-0.1, -0.05) is 17.2 Å². The molecule has 2 aromatic carbocycles. The van der Waals surface area contributed by atoms with Gasteiger partial charge in [0.05, 0.1) is 18.0 Å². The SMILES string of the molecule is Cc1cc(C)cc(C(=O)NCC(=O)Nc2ccc(N3CCCS3(=O)=O)cc2)c1. The Morgan fingerprint density at radius 3 is 2.25 bits per heavy atom. The Labute approximate surface area is 164 Å². The molecule has 0 radical (unpaired) electrons. The van der Waals surface area contributed by atoms with E-state index in [-0.39, 0.29) is 24.1 Å². The molecule has 0 bridgehead atoms. The molecule has 1 heterocycles. The molecule has 0 atom stereocenters. The zero-order valence-corrected chi connectivity index (χ0v) is 16.7. The van der Waals surface area contributed by atoms with Crippen molar-refractivity contribution in [3.63, 3.8) is 0 Å². The van der Waals surface area contributed by atoms with Gasteiger partial charge in [-0.05, 0) is 56.7 Å². The van der Waals surface area contributed by atoms with Crippen molar-refractivity contribution < 1.29 is 18.0 Å². The van der Waals surface area contributed by atoms with E-state index in [1.165, 1.54) is 4.31 Å². The van der Waals surface area contributed by atoms with Crippen LogP contribution in [0.25, 0.3) is 0 Å². The fourth-order valence-corrected chi connectivity index (χ4v) is 4.78. The van der Waals surface area contributed by atoms with Crippen LogP contribution in [0.4, 0.5) is 11.4 Å². The van der Waals surface area contributed by atoms with E-state index < -0.39 is 10.0 Å². The first-order valence-electron chi connectivity index (χ1n) is 9.01. The quantitative estimate of drug-likeness (QED) is 0.803. The molecule has 7 nitrogen and oxygen atoms in total. The summed E-state index contributed by atoms with van der Waals surface area (Å²) in [5.74, 6) is -0.512. The molecule has 0 unspecified atom stereocenters. The van der Waals surface area contributed by atoms with Gasteiger partial charge in [-0.25, -0.2) is 8.42 Å². The molecule has 148 valence electrons. The number of hydrogen-bond acceptors (Lipinski definition) is 4. The minimum absolute atomic E-state index is 0.158. The molecule has 8 heteroatoms. The van der Waals surface area contributed by atoms with E-state index in [1.54, 1.807) is 36.4 Å². The van der Waals surface area contributed by atoms with Gasteiger partial charge >= 0.3 is 0 Å². The minimum Gasteiger partial charge on any atom is -0.343 e. The highest BCUT2D eigenvalue weighted by Gasteiger charge is 2.28. The first-order valence-corrected chi connectivity index (χ1v) is 10.6. The topological polar surface area (TPSA) is 95.6 Å². The lowest BCUT2D eigenvalue weighted by molar-refractivity contribution is -0.115. The van der Waals surface area contributed by atoms with E-state index in [1.807, 2.05) is 19.9 Å². The molecule has 1 aliphatic rings. The smallest absolute Gasteiger partial charge is 0.251 e. The van der Waals surface area contributed by atoms with Crippen molar-refractivity contribution in [3.05, 3.63) is 59.2 Å². The Morgan fingerprint density at radius 1 is 1.04 bits per heavy atom. The molecule has 1 aliphatic heterocycles. The normalized spacial score (nSPS) is 15.3. The Hall–Kier alpha value is -2.87. The summed E-state index contributed by atoms with van der Waals surface area (Å²) >= 11 is 0. The number of sulfonamides is 1. The van der Waals surface area contributed by atoms with E-state index in [0.717, 1.165) is 11.1 Å². The lowest BCUT2D eigenvalue weighted by Crippen LogP contribution is -2.33. The van der Waals surface area contributed by atoms with Crippen molar-refractivity contribution in [3.8, 4) is 0 Å². The van der Waals surface area contributed by atoms with Gasteiger partial charge in [0.15, 0.2) is 0 Å². The van der Waals surface area contributed by atoms with Crippen LogP contribution in [0, 0.1) is 13.8 Å². The maximum absolute atomic E-state index is 12.2. The van der Waals surface area contributed by atoms with Gasteiger partial charge in [0, 0.05) is 17.8 Å². The average Bonchev–Trinajstić information content (AvgIpc) is 2.98. The standard InChI is InChI=1S/C20H23N3O4S/c1-14-10-15(2)12-16(11-14)20(25)21-13-19(24)22-17-4-6-18(7-5-17)23-8-3-9-28(23,26)27/h4-7,10-12H,3,8-9,13H2,1-2H3,(H,21,25)(H,22,24). The summed E-state index contributed by atoms with van der Waals surface area (Å²) in [6.07, 6.45) is 0.612. The Kier molecular flexibility index (Phi) is 5.69. The third-order valence-corrected chi connectivity index (χ3v) is 6.30. The molecule has 1 saturated heterocycles. The maximum Gasteiger partial charge on any atom is 0.251 e. The van der Waals surface area contributed by atoms with E-state index in [9.17, 15) is 18.0 Å². The fourth-order valence-electron chi connectivity index (χ4n) is 3.21. The molecule has 2 aromatic rings. The van der Waals surface area contributed by atoms with Crippen LogP contribution >= 0.6 is 0 Å². The van der Waals surface area contributed by atoms with Crippen molar-refractivity contribution in [1.29, 1.82) is 0 Å². The second kappa shape index (κ2) is 8.02. The van der Waals surface area contributed by atoms with Crippen LogP contribution in [0.1, 0.15) is 27.9 Å². The van der Waals surface area contributed by atoms with E-state index in [0.29, 0.717) is 29.9 Å². The molecule has 2 N–H and O–H groups in total. The zero-order valence-electron chi connectivity index (χ0n) is 15.9. The summed E-state index contributed by atoms with van der Waals surface area (Å²) < 4.78 is 25.3. The maximum atomic E-state index is 12.2. The van der Waals surface area contributed by atoms with Gasteiger partial charge in [-0.2, -0.15) is 0 Å². The Balaban J connectivity index is 1.55. The monoisotopic (exact) mass is 401 g/mol. The lowest BCUT2D eigenvalue weighted by Gasteiger charge is -2.17. The molecule has 3 rings (SSSR count). The first kappa shape index (κ1) is 19.9. The largest absolute Gasteiger partial charge is 0.343 e. The van der Waals surface area contributed by atoms with Crippen LogP contribution in [-0.2, 0) is 14.8 Å². The van der Waals surface area contributed by atoms with Gasteiger partial charge < -0.3 is 10.6 Å². The van der Waals surface area contributed by atoms with Crippen LogP contribution in [0.2, 0.25) is 0 Å². The third kappa shape index (κ3) is 4.69. The number of carbonyl (C=O) groups excluding carboxylic acids is 2. The first-order chi connectivity index (χ1) is 13.2. The minimum atomic E-state index is -3.23. The number of anilines is 2. The van der Waals surface area contributed by atoms with Gasteiger partial charge in [0.2, 0.25) is 15.9 Å². The highest BCUT2D eigenvalue weighted by molar-refractivity contribution is 7.93. The van der Waals surface area contributed by atoms with E-state index in [2.05, 4.69) is 10.6 Å². The van der Waals surface area contributed by atoms with Crippen molar-refractivity contribution in [1.82, 2.24) is 5.32 Å². The molecule has 28 heavy (non-hydrogen) atoms. The highest BCUT2D eigenvalue weighted by atomic mass is 32.2. The fraction of sp³-hybridized carbons (Fsp3) is 0.300. The van der Waals surface area contributed by atoms with Crippen molar-refractivity contribution in [2.75, 3.05) is 28.5 Å². The van der Waals surface area contributed by atoms with Gasteiger partial charge in [0.25, 0.3) is 5.91 Å². The predicted molar refractivity (Wildman–Crippen MR) is 109 cm³/mol. The number of nitrogens with zero attached hydrogens (tertiary/aromatic N) is 1. The van der Waals surface area contributed by atoms with E-state index in [4.69, 9.17) is 0 Å². The lowest BCUT2D eigenvalue weighted by atomic mass is 10.1. The van der Waals surface area contributed by atoms with Gasteiger partial charge in [0.1, 0.15) is 0 Å². The molecular weight excluding hydrogens is 378 g/mol. The summed E-state index contributed by atoms with van der Waals surface area (Å²) in [6.45, 7) is 4.13. The average molecular weight is 401 g/mol. The molecule has 1 fully saturated rings. The van der Waals surface area contributed by atoms with Crippen molar-refractivity contribution in [2.45, 2.75) is 20.3 Å². The van der Waals surface area contributed by atoms with Crippen molar-refractivity contribution >= 4 is 33.2 Å². The molecule has 0 aliphatic carbocycles. The second-order valence-electron chi connectivity index (χ2n) is 6.90. The van der Waals surface area contributed by atoms with Crippen LogP contribution < -0.4 is 14.9 Å². The molecular formula is C20H23N3O4S. The molecule has 2 amide bonds. The van der Waals surface area contributed by atoms with Crippen LogP contribution in [0.3, 0.4) is 0 Å². The Morgan fingerprint density at radius 2 is 1.68 bits per heavy atom. The summed E-state index contributed by atoms with van der Waals surface area (Å²) in [6, 6.07) is 12.1. The van der Waals surface area contributed by atoms with E-state index >= 15 is 0 Å². The number of hydrogen-bond donors (Lipinski definition) is 2. The number of nitrogens with one attached hydrogen (secondary N) is 2. The summed E-state index contributed by atoms with van der Waals surface area (Å²) in [4.78, 5) is 24.3. The van der Waals surface area contributed by atoms with Crippen LogP contribution in [0.5, 0.6) is 0 Å². The summed E-state index contributed by atoms with van der Waals surface area (Å²) in [7, 11) is -3.23. The molecule has 0 aromatic heterocycles. The zero-order chi connectivity index (χ0) is 20.3. The molecule has 0 spiro atoms. The second-order valence-corrected chi connectivity index (χ2v) is 8.91. The number of rotatable bonds is 5. The van der Waals surface area contributed by atoms with Gasteiger partial charge in [-0.3, -0.25) is 13.9 Å². The summed E-state index contributed by atoms with van der Waals surface area (Å²) in [5.41, 5.74) is 3.59. The van der Waals surface area contributed by atoms with Crippen molar-refractivity contribution in [2.24, 2.45) is 0 Å². The number of aryl methyl sites for hydroxylation is 2. The number of benzene rings is 2. The third-order valence-electron chi connectivity index (χ3n) is 4.43.